The third-order valence-electron chi connectivity index (χ3n) is 4.60. The molecule has 0 radical (unpaired) electrons. The fourth-order valence-electron chi connectivity index (χ4n) is 3.39. The Hall–Kier alpha value is -1.49. The van der Waals surface area contributed by atoms with Gasteiger partial charge in [0.15, 0.2) is 5.67 Å². The number of nitrogens with zero attached hydrogens (tertiary/aromatic N) is 1. The molecule has 1 aromatic rings. The lowest BCUT2D eigenvalue weighted by Gasteiger charge is -2.27. The summed E-state index contributed by atoms with van der Waals surface area (Å²) >= 11 is 0. The molecule has 22 heavy (non-hydrogen) atoms. The number of halogens is 2. The monoisotopic (exact) mass is 309 g/mol. The fraction of sp³-hybridized carbons (Fsp3) is 0.588. The van der Waals surface area contributed by atoms with E-state index in [1.807, 2.05) is 0 Å². The molecule has 2 fully saturated rings. The average molecular weight is 309 g/mol. The SMILES string of the molecule is Cc1cc(F)cc([C@]2(F)CCN(C(=O)[C@@H]3CCCOC3)C2)c1. The van der Waals surface area contributed by atoms with E-state index in [2.05, 4.69) is 0 Å². The van der Waals surface area contributed by atoms with Gasteiger partial charge in [0.2, 0.25) is 5.91 Å². The third-order valence-corrected chi connectivity index (χ3v) is 4.60. The minimum atomic E-state index is -1.65. The first kappa shape index (κ1) is 15.4. The van der Waals surface area contributed by atoms with Crippen LogP contribution in [-0.2, 0) is 15.2 Å². The van der Waals surface area contributed by atoms with E-state index in [-0.39, 0.29) is 24.8 Å². The number of likely N-dealkylation sites (tertiary alicyclic amines) is 1. The van der Waals surface area contributed by atoms with Crippen LogP contribution in [-0.4, -0.2) is 37.1 Å². The maximum Gasteiger partial charge on any atom is 0.228 e. The van der Waals surface area contributed by atoms with Crippen molar-refractivity contribution in [2.45, 2.75) is 31.9 Å². The van der Waals surface area contributed by atoms with Crippen LogP contribution in [0.2, 0.25) is 0 Å². The van der Waals surface area contributed by atoms with E-state index in [0.29, 0.717) is 30.9 Å². The molecule has 0 spiro atoms. The zero-order valence-corrected chi connectivity index (χ0v) is 12.8. The van der Waals surface area contributed by atoms with Crippen LogP contribution in [0.1, 0.15) is 30.4 Å². The van der Waals surface area contributed by atoms with Crippen LogP contribution in [0.4, 0.5) is 8.78 Å². The molecule has 1 amide bonds. The van der Waals surface area contributed by atoms with Gasteiger partial charge in [-0.05, 0) is 43.0 Å². The molecule has 2 heterocycles. The smallest absolute Gasteiger partial charge is 0.228 e. The molecule has 0 saturated carbocycles. The van der Waals surface area contributed by atoms with Crippen LogP contribution < -0.4 is 0 Å². The summed E-state index contributed by atoms with van der Waals surface area (Å²) in [5.74, 6) is -0.629. The lowest BCUT2D eigenvalue weighted by Crippen LogP contribution is -2.39. The molecule has 2 atom stereocenters. The molecule has 3 rings (SSSR count). The highest BCUT2D eigenvalue weighted by atomic mass is 19.1. The number of hydrogen-bond donors (Lipinski definition) is 0. The zero-order valence-electron chi connectivity index (χ0n) is 12.8. The zero-order chi connectivity index (χ0) is 15.7. The van der Waals surface area contributed by atoms with Crippen LogP contribution in [0.3, 0.4) is 0 Å². The Bertz CT molecular complexity index is 552. The van der Waals surface area contributed by atoms with Crippen LogP contribution in [0.15, 0.2) is 18.2 Å². The van der Waals surface area contributed by atoms with Crippen LogP contribution in [0.25, 0.3) is 0 Å². The highest BCUT2D eigenvalue weighted by Crippen LogP contribution is 2.37. The molecule has 2 aliphatic rings. The summed E-state index contributed by atoms with van der Waals surface area (Å²) in [5.41, 5.74) is -0.629. The van der Waals surface area contributed by atoms with Crippen molar-refractivity contribution in [2.24, 2.45) is 5.92 Å². The Labute approximate surface area is 129 Å². The number of hydrogen-bond acceptors (Lipinski definition) is 2. The van der Waals surface area contributed by atoms with E-state index in [9.17, 15) is 9.18 Å². The van der Waals surface area contributed by atoms with E-state index < -0.39 is 11.5 Å². The van der Waals surface area contributed by atoms with Crippen molar-refractivity contribution in [3.63, 3.8) is 0 Å². The number of rotatable bonds is 2. The van der Waals surface area contributed by atoms with Gasteiger partial charge in [-0.25, -0.2) is 8.78 Å². The Morgan fingerprint density at radius 2 is 2.23 bits per heavy atom. The molecule has 0 aliphatic carbocycles. The van der Waals surface area contributed by atoms with Gasteiger partial charge in [0.05, 0.1) is 19.1 Å². The van der Waals surface area contributed by atoms with Gasteiger partial charge in [-0.1, -0.05) is 6.07 Å². The van der Waals surface area contributed by atoms with E-state index in [4.69, 9.17) is 4.74 Å². The second-order valence-electron chi connectivity index (χ2n) is 6.41. The molecule has 0 unspecified atom stereocenters. The summed E-state index contributed by atoms with van der Waals surface area (Å²) in [6.07, 6.45) is 1.89. The van der Waals surface area contributed by atoms with Gasteiger partial charge in [0.25, 0.3) is 0 Å². The van der Waals surface area contributed by atoms with Gasteiger partial charge in [-0.15, -0.1) is 0 Å². The summed E-state index contributed by atoms with van der Waals surface area (Å²) < 4.78 is 34.1. The van der Waals surface area contributed by atoms with Crippen molar-refractivity contribution < 1.29 is 18.3 Å². The van der Waals surface area contributed by atoms with Crippen molar-refractivity contribution in [2.75, 3.05) is 26.3 Å². The average Bonchev–Trinajstić information content (AvgIpc) is 2.90. The van der Waals surface area contributed by atoms with Gasteiger partial charge < -0.3 is 9.64 Å². The van der Waals surface area contributed by atoms with Crippen LogP contribution >= 0.6 is 0 Å². The Kier molecular flexibility index (Phi) is 4.17. The molecule has 2 saturated heterocycles. The molecule has 120 valence electrons. The quantitative estimate of drug-likeness (QED) is 0.840. The number of benzene rings is 1. The van der Waals surface area contributed by atoms with Gasteiger partial charge in [0, 0.05) is 19.6 Å². The van der Waals surface area contributed by atoms with Gasteiger partial charge in [0.1, 0.15) is 5.82 Å². The highest BCUT2D eigenvalue weighted by molar-refractivity contribution is 5.79. The molecule has 1 aromatic carbocycles. The standard InChI is InChI=1S/C17H21F2NO2/c1-12-7-14(9-15(18)8-12)17(19)4-5-20(11-17)16(21)13-3-2-6-22-10-13/h7-9,13H,2-6,10-11H2,1H3/t13-,17+/m1/s1. The molecular weight excluding hydrogens is 288 g/mol. The van der Waals surface area contributed by atoms with Crippen LogP contribution in [0, 0.1) is 18.7 Å². The van der Waals surface area contributed by atoms with Gasteiger partial charge >= 0.3 is 0 Å². The van der Waals surface area contributed by atoms with Gasteiger partial charge in [-0.3, -0.25) is 4.79 Å². The second kappa shape index (κ2) is 5.95. The number of amides is 1. The van der Waals surface area contributed by atoms with Crippen molar-refractivity contribution in [1.82, 2.24) is 4.90 Å². The molecule has 5 heteroatoms. The van der Waals surface area contributed by atoms with Crippen LogP contribution in [0.5, 0.6) is 0 Å². The molecule has 2 aliphatic heterocycles. The number of carbonyl (C=O) groups excluding carboxylic acids is 1. The largest absolute Gasteiger partial charge is 0.381 e. The minimum Gasteiger partial charge on any atom is -0.381 e. The molecule has 0 N–H and O–H groups in total. The Balaban J connectivity index is 1.73. The normalized spacial score (nSPS) is 28.9. The predicted octanol–water partition coefficient (Wildman–Crippen LogP) is 2.96. The van der Waals surface area contributed by atoms with E-state index in [1.165, 1.54) is 12.1 Å². The van der Waals surface area contributed by atoms with Gasteiger partial charge in [-0.2, -0.15) is 0 Å². The lowest BCUT2D eigenvalue weighted by atomic mass is 9.93. The van der Waals surface area contributed by atoms with E-state index >= 15 is 4.39 Å². The van der Waals surface area contributed by atoms with Crippen molar-refractivity contribution in [3.05, 3.63) is 35.1 Å². The van der Waals surface area contributed by atoms with Crippen molar-refractivity contribution >= 4 is 5.91 Å². The Morgan fingerprint density at radius 1 is 1.41 bits per heavy atom. The number of alkyl halides is 1. The molecule has 3 nitrogen and oxygen atoms in total. The lowest BCUT2D eigenvalue weighted by molar-refractivity contribution is -0.139. The predicted molar refractivity (Wildman–Crippen MR) is 78.7 cm³/mol. The minimum absolute atomic E-state index is 0.00519. The summed E-state index contributed by atoms with van der Waals surface area (Å²) in [7, 11) is 0. The van der Waals surface area contributed by atoms with Crippen molar-refractivity contribution in [3.8, 4) is 0 Å². The number of carbonyl (C=O) groups is 1. The van der Waals surface area contributed by atoms with Crippen molar-refractivity contribution in [1.29, 1.82) is 0 Å². The summed E-state index contributed by atoms with van der Waals surface area (Å²) in [4.78, 5) is 14.0. The highest BCUT2D eigenvalue weighted by Gasteiger charge is 2.43. The first-order valence-electron chi connectivity index (χ1n) is 7.81. The Morgan fingerprint density at radius 3 is 2.91 bits per heavy atom. The maximum absolute atomic E-state index is 15.2. The second-order valence-corrected chi connectivity index (χ2v) is 6.41. The molecular formula is C17H21F2NO2. The topological polar surface area (TPSA) is 29.5 Å². The molecule has 0 bridgehead atoms. The first-order chi connectivity index (χ1) is 10.5. The number of ether oxygens (including phenoxy) is 1. The fourth-order valence-corrected chi connectivity index (χ4v) is 3.39. The summed E-state index contributed by atoms with van der Waals surface area (Å²) in [6, 6.07) is 4.29. The van der Waals surface area contributed by atoms with E-state index in [0.717, 1.165) is 12.8 Å². The first-order valence-corrected chi connectivity index (χ1v) is 7.81. The number of aryl methyl sites for hydroxylation is 1. The van der Waals surface area contributed by atoms with E-state index in [1.54, 1.807) is 17.9 Å². The summed E-state index contributed by atoms with van der Waals surface area (Å²) in [5, 5.41) is 0. The maximum atomic E-state index is 15.2. The molecule has 0 aromatic heterocycles. The summed E-state index contributed by atoms with van der Waals surface area (Å²) in [6.45, 7) is 3.24. The third kappa shape index (κ3) is 3.00.